The predicted molar refractivity (Wildman–Crippen MR) is 80.4 cm³/mol. The molecule has 1 aliphatic rings. The predicted octanol–water partition coefficient (Wildman–Crippen LogP) is 3.30. The first-order valence-electron chi connectivity index (χ1n) is 7.70. The van der Waals surface area contributed by atoms with E-state index >= 15 is 0 Å². The number of benzene rings is 1. The van der Waals surface area contributed by atoms with Crippen molar-refractivity contribution in [3.63, 3.8) is 0 Å². The Hall–Kier alpha value is -1.42. The Kier molecular flexibility index (Phi) is 5.34. The molecule has 3 atom stereocenters. The van der Waals surface area contributed by atoms with Gasteiger partial charge in [-0.2, -0.15) is 0 Å². The number of halogens is 1. The minimum Gasteiger partial charge on any atom is -0.466 e. The fourth-order valence-corrected chi connectivity index (χ4v) is 3.32. The number of hydrogen-bond donors (Lipinski definition) is 1. The minimum atomic E-state index is -0.208. The highest BCUT2D eigenvalue weighted by Crippen LogP contribution is 2.39. The molecule has 0 amide bonds. The summed E-state index contributed by atoms with van der Waals surface area (Å²) in [7, 11) is 0. The lowest BCUT2D eigenvalue weighted by molar-refractivity contribution is -0.144. The fourth-order valence-electron chi connectivity index (χ4n) is 3.32. The highest BCUT2D eigenvalue weighted by Gasteiger charge is 2.34. The van der Waals surface area contributed by atoms with Crippen LogP contribution in [0.1, 0.15) is 49.7 Å². The molecular formula is C17H24FNO2. The molecule has 1 aromatic rings. The van der Waals surface area contributed by atoms with Crippen LogP contribution in [0.3, 0.4) is 0 Å². The molecule has 3 unspecified atom stereocenters. The average molecular weight is 293 g/mol. The van der Waals surface area contributed by atoms with Gasteiger partial charge in [0, 0.05) is 18.4 Å². The standard InChI is InChI=1S/C17H24FNO2/c1-3-21-16(20)10-12-5-4-6-15(19)17(12)13-8-7-11(2)14(18)9-13/h7-9,12,15,17H,3-6,10,19H2,1-2H3. The van der Waals surface area contributed by atoms with Gasteiger partial charge in [0.1, 0.15) is 5.82 Å². The average Bonchev–Trinajstić information content (AvgIpc) is 2.43. The Labute approximate surface area is 125 Å². The van der Waals surface area contributed by atoms with Gasteiger partial charge in [0.05, 0.1) is 6.61 Å². The third-order valence-electron chi connectivity index (χ3n) is 4.40. The van der Waals surface area contributed by atoms with E-state index in [2.05, 4.69) is 0 Å². The Balaban J connectivity index is 2.21. The molecule has 116 valence electrons. The zero-order chi connectivity index (χ0) is 15.4. The van der Waals surface area contributed by atoms with Gasteiger partial charge in [0.25, 0.3) is 0 Å². The van der Waals surface area contributed by atoms with Crippen molar-refractivity contribution in [2.45, 2.75) is 51.5 Å². The first-order chi connectivity index (χ1) is 10.0. The second-order valence-electron chi connectivity index (χ2n) is 5.90. The van der Waals surface area contributed by atoms with E-state index in [1.165, 1.54) is 0 Å². The number of ether oxygens (including phenoxy) is 1. The highest BCUT2D eigenvalue weighted by molar-refractivity contribution is 5.69. The first kappa shape index (κ1) is 16.0. The number of esters is 1. The van der Waals surface area contributed by atoms with Crippen LogP contribution in [-0.4, -0.2) is 18.6 Å². The van der Waals surface area contributed by atoms with Crippen molar-refractivity contribution in [2.75, 3.05) is 6.61 Å². The second kappa shape index (κ2) is 7.03. The lowest BCUT2D eigenvalue weighted by atomic mass is 9.71. The maximum atomic E-state index is 13.8. The number of carbonyl (C=O) groups is 1. The Morgan fingerprint density at radius 1 is 1.43 bits per heavy atom. The van der Waals surface area contributed by atoms with Crippen LogP contribution in [0.2, 0.25) is 0 Å². The number of aryl methyl sites for hydroxylation is 1. The van der Waals surface area contributed by atoms with Crippen molar-refractivity contribution in [1.29, 1.82) is 0 Å². The highest BCUT2D eigenvalue weighted by atomic mass is 19.1. The van der Waals surface area contributed by atoms with Crippen molar-refractivity contribution in [1.82, 2.24) is 0 Å². The van der Waals surface area contributed by atoms with Gasteiger partial charge in [-0.3, -0.25) is 4.79 Å². The first-order valence-corrected chi connectivity index (χ1v) is 7.70. The van der Waals surface area contributed by atoms with Crippen LogP contribution in [-0.2, 0) is 9.53 Å². The molecule has 0 aromatic heterocycles. The van der Waals surface area contributed by atoms with E-state index in [1.807, 2.05) is 6.07 Å². The zero-order valence-electron chi connectivity index (χ0n) is 12.8. The third kappa shape index (κ3) is 3.82. The quantitative estimate of drug-likeness (QED) is 0.867. The van der Waals surface area contributed by atoms with Crippen molar-refractivity contribution in [3.05, 3.63) is 35.1 Å². The summed E-state index contributed by atoms with van der Waals surface area (Å²) in [6.07, 6.45) is 3.23. The van der Waals surface area contributed by atoms with Crippen molar-refractivity contribution in [2.24, 2.45) is 11.7 Å². The number of hydrogen-bond acceptors (Lipinski definition) is 3. The van der Waals surface area contributed by atoms with Crippen molar-refractivity contribution < 1.29 is 13.9 Å². The lowest BCUT2D eigenvalue weighted by Gasteiger charge is -2.36. The number of carbonyl (C=O) groups excluding carboxylic acids is 1. The van der Waals surface area contributed by atoms with Gasteiger partial charge in [-0.15, -0.1) is 0 Å². The molecule has 4 heteroatoms. The van der Waals surface area contributed by atoms with E-state index in [1.54, 1.807) is 26.0 Å². The molecule has 1 fully saturated rings. The summed E-state index contributed by atoms with van der Waals surface area (Å²) in [6, 6.07) is 5.27. The van der Waals surface area contributed by atoms with E-state index in [9.17, 15) is 9.18 Å². The maximum Gasteiger partial charge on any atom is 0.306 e. The Bertz CT molecular complexity index is 504. The minimum absolute atomic E-state index is 0.0262. The molecule has 0 spiro atoms. The molecule has 0 saturated heterocycles. The molecule has 1 saturated carbocycles. The van der Waals surface area contributed by atoms with Gasteiger partial charge >= 0.3 is 5.97 Å². The summed E-state index contributed by atoms with van der Waals surface area (Å²) in [5.41, 5.74) is 7.80. The molecule has 2 N–H and O–H groups in total. The van der Waals surface area contributed by atoms with Gasteiger partial charge in [-0.1, -0.05) is 18.6 Å². The van der Waals surface area contributed by atoms with Crippen molar-refractivity contribution in [3.8, 4) is 0 Å². The molecule has 0 bridgehead atoms. The summed E-state index contributed by atoms with van der Waals surface area (Å²) < 4.78 is 18.9. The molecule has 0 heterocycles. The van der Waals surface area contributed by atoms with Crippen LogP contribution in [0.25, 0.3) is 0 Å². The van der Waals surface area contributed by atoms with Crippen LogP contribution in [0.4, 0.5) is 4.39 Å². The van der Waals surface area contributed by atoms with E-state index in [0.29, 0.717) is 18.6 Å². The fraction of sp³-hybridized carbons (Fsp3) is 0.588. The van der Waals surface area contributed by atoms with Gasteiger partial charge in [0.15, 0.2) is 0 Å². The zero-order valence-corrected chi connectivity index (χ0v) is 12.8. The molecular weight excluding hydrogens is 269 g/mol. The lowest BCUT2D eigenvalue weighted by Crippen LogP contribution is -2.38. The number of nitrogens with two attached hydrogens (primary N) is 1. The Morgan fingerprint density at radius 3 is 2.86 bits per heavy atom. The summed E-state index contributed by atoms with van der Waals surface area (Å²) in [4.78, 5) is 11.8. The topological polar surface area (TPSA) is 52.3 Å². The molecule has 0 radical (unpaired) electrons. The molecule has 3 nitrogen and oxygen atoms in total. The maximum absolute atomic E-state index is 13.8. The van der Waals surface area contributed by atoms with Crippen molar-refractivity contribution >= 4 is 5.97 Å². The normalized spacial score (nSPS) is 25.6. The van der Waals surface area contributed by atoms with Gasteiger partial charge in [-0.25, -0.2) is 4.39 Å². The van der Waals surface area contributed by atoms with Crippen LogP contribution < -0.4 is 5.73 Å². The molecule has 0 aliphatic heterocycles. The SMILES string of the molecule is CCOC(=O)CC1CCCC(N)C1c1ccc(C)c(F)c1. The van der Waals surface area contributed by atoms with Gasteiger partial charge in [0.2, 0.25) is 0 Å². The summed E-state index contributed by atoms with van der Waals surface area (Å²) in [5, 5.41) is 0. The Morgan fingerprint density at radius 2 is 2.19 bits per heavy atom. The summed E-state index contributed by atoms with van der Waals surface area (Å²) in [5.74, 6) is -0.234. The van der Waals surface area contributed by atoms with Crippen LogP contribution in [0.15, 0.2) is 18.2 Å². The van der Waals surface area contributed by atoms with E-state index in [-0.39, 0.29) is 29.7 Å². The molecule has 2 rings (SSSR count). The largest absolute Gasteiger partial charge is 0.466 e. The van der Waals surface area contributed by atoms with E-state index < -0.39 is 0 Å². The molecule has 21 heavy (non-hydrogen) atoms. The molecule has 1 aromatic carbocycles. The van der Waals surface area contributed by atoms with Crippen LogP contribution in [0, 0.1) is 18.7 Å². The van der Waals surface area contributed by atoms with Gasteiger partial charge < -0.3 is 10.5 Å². The van der Waals surface area contributed by atoms with E-state index in [4.69, 9.17) is 10.5 Å². The van der Waals surface area contributed by atoms with Crippen LogP contribution in [0.5, 0.6) is 0 Å². The second-order valence-corrected chi connectivity index (χ2v) is 5.90. The summed E-state index contributed by atoms with van der Waals surface area (Å²) >= 11 is 0. The van der Waals surface area contributed by atoms with E-state index in [0.717, 1.165) is 24.8 Å². The number of rotatable bonds is 4. The summed E-state index contributed by atoms with van der Waals surface area (Å²) in [6.45, 7) is 3.94. The monoisotopic (exact) mass is 293 g/mol. The van der Waals surface area contributed by atoms with Gasteiger partial charge in [-0.05, 0) is 49.8 Å². The van der Waals surface area contributed by atoms with Crippen LogP contribution >= 0.6 is 0 Å². The third-order valence-corrected chi connectivity index (χ3v) is 4.40. The smallest absolute Gasteiger partial charge is 0.306 e. The molecule has 1 aliphatic carbocycles.